The fraction of sp³-hybridized carbons (Fsp3) is 0.579. The summed E-state index contributed by atoms with van der Waals surface area (Å²) in [5.74, 6) is 0.552. The first-order valence-electron chi connectivity index (χ1n) is 8.15. The minimum absolute atomic E-state index is 0.190. The first-order valence-corrected chi connectivity index (χ1v) is 8.15. The van der Waals surface area contributed by atoms with Gasteiger partial charge in [0, 0.05) is 31.7 Å². The molecule has 21 heavy (non-hydrogen) atoms. The minimum Gasteiger partial charge on any atom is -0.311 e. The maximum absolute atomic E-state index is 3.58. The third-order valence-electron chi connectivity index (χ3n) is 4.04. The molecule has 0 saturated carbocycles. The van der Waals surface area contributed by atoms with Crippen LogP contribution in [-0.2, 0) is 6.54 Å². The van der Waals surface area contributed by atoms with Crippen LogP contribution < -0.4 is 5.32 Å². The van der Waals surface area contributed by atoms with Gasteiger partial charge in [0.2, 0.25) is 0 Å². The van der Waals surface area contributed by atoms with Crippen LogP contribution in [0.5, 0.6) is 0 Å². The zero-order valence-electron chi connectivity index (χ0n) is 14.0. The smallest absolute Gasteiger partial charge is 0.0237 e. The van der Waals surface area contributed by atoms with Gasteiger partial charge in [-0.2, -0.15) is 0 Å². The molecule has 0 aliphatic carbocycles. The van der Waals surface area contributed by atoms with Gasteiger partial charge in [-0.3, -0.25) is 4.90 Å². The predicted octanol–water partition coefficient (Wildman–Crippen LogP) is 3.94. The average Bonchev–Trinajstić information content (AvgIpc) is 2.46. The van der Waals surface area contributed by atoms with Crippen molar-refractivity contribution in [3.8, 4) is 0 Å². The van der Waals surface area contributed by atoms with Crippen LogP contribution >= 0.6 is 0 Å². The molecule has 1 atom stereocenters. The molecule has 1 unspecified atom stereocenters. The zero-order chi connectivity index (χ0) is 15.3. The molecule has 1 aliphatic heterocycles. The van der Waals surface area contributed by atoms with Crippen LogP contribution in [0.2, 0.25) is 0 Å². The van der Waals surface area contributed by atoms with E-state index in [4.69, 9.17) is 0 Å². The summed E-state index contributed by atoms with van der Waals surface area (Å²) in [4.78, 5) is 2.50. The van der Waals surface area contributed by atoms with Crippen molar-refractivity contribution < 1.29 is 0 Å². The van der Waals surface area contributed by atoms with Crippen molar-refractivity contribution in [3.05, 3.63) is 47.5 Å². The van der Waals surface area contributed by atoms with Crippen molar-refractivity contribution in [2.24, 2.45) is 0 Å². The molecular formula is C19H30N2. The van der Waals surface area contributed by atoms with Gasteiger partial charge in [0.25, 0.3) is 0 Å². The molecule has 0 bridgehead atoms. The largest absolute Gasteiger partial charge is 0.311 e. The Morgan fingerprint density at radius 2 is 1.86 bits per heavy atom. The van der Waals surface area contributed by atoms with Crippen LogP contribution in [0, 0.1) is 0 Å². The van der Waals surface area contributed by atoms with Gasteiger partial charge in [0.1, 0.15) is 0 Å². The number of nitrogens with zero attached hydrogens (tertiary/aromatic N) is 1. The van der Waals surface area contributed by atoms with E-state index in [1.165, 1.54) is 24.1 Å². The molecule has 0 fully saturated rings. The maximum Gasteiger partial charge on any atom is 0.0237 e. The second-order valence-corrected chi connectivity index (χ2v) is 7.27. The highest BCUT2D eigenvalue weighted by Gasteiger charge is 2.12. The van der Waals surface area contributed by atoms with Crippen molar-refractivity contribution in [1.82, 2.24) is 10.2 Å². The quantitative estimate of drug-likeness (QED) is 0.825. The molecule has 0 amide bonds. The summed E-state index contributed by atoms with van der Waals surface area (Å²) in [6.45, 7) is 13.3. The topological polar surface area (TPSA) is 15.3 Å². The van der Waals surface area contributed by atoms with Crippen molar-refractivity contribution in [1.29, 1.82) is 0 Å². The lowest BCUT2D eigenvalue weighted by molar-refractivity contribution is 0.290. The highest BCUT2D eigenvalue weighted by molar-refractivity contribution is 5.25. The monoisotopic (exact) mass is 286 g/mol. The van der Waals surface area contributed by atoms with E-state index in [1.807, 2.05) is 0 Å². The van der Waals surface area contributed by atoms with Gasteiger partial charge in [-0.05, 0) is 44.2 Å². The number of rotatable bonds is 5. The van der Waals surface area contributed by atoms with E-state index in [1.54, 1.807) is 0 Å². The number of hydrogen-bond acceptors (Lipinski definition) is 2. The third kappa shape index (κ3) is 5.64. The molecule has 1 N–H and O–H groups in total. The van der Waals surface area contributed by atoms with E-state index < -0.39 is 0 Å². The minimum atomic E-state index is 0.190. The Bertz CT molecular complexity index is 453. The molecule has 116 valence electrons. The van der Waals surface area contributed by atoms with Gasteiger partial charge < -0.3 is 5.32 Å². The van der Waals surface area contributed by atoms with Crippen molar-refractivity contribution in [2.75, 3.05) is 19.6 Å². The SMILES string of the molecule is CC(CNC(C)(C)C)c1ccc(CN2CC=CCC2)cc1. The van der Waals surface area contributed by atoms with E-state index in [9.17, 15) is 0 Å². The molecule has 0 aromatic heterocycles. The van der Waals surface area contributed by atoms with Gasteiger partial charge >= 0.3 is 0 Å². The summed E-state index contributed by atoms with van der Waals surface area (Å²) < 4.78 is 0. The number of benzene rings is 1. The summed E-state index contributed by atoms with van der Waals surface area (Å²) >= 11 is 0. The normalized spacial score (nSPS) is 17.9. The molecule has 2 heteroatoms. The van der Waals surface area contributed by atoms with Gasteiger partial charge in [-0.25, -0.2) is 0 Å². The first kappa shape index (κ1) is 16.3. The lowest BCUT2D eigenvalue weighted by Gasteiger charge is -2.24. The van der Waals surface area contributed by atoms with Crippen molar-refractivity contribution in [2.45, 2.75) is 52.1 Å². The highest BCUT2D eigenvalue weighted by Crippen LogP contribution is 2.17. The van der Waals surface area contributed by atoms with E-state index >= 15 is 0 Å². The fourth-order valence-corrected chi connectivity index (χ4v) is 2.62. The molecule has 1 aromatic rings. The number of hydrogen-bond donors (Lipinski definition) is 1. The maximum atomic E-state index is 3.58. The Labute approximate surface area is 130 Å². The average molecular weight is 286 g/mol. The molecule has 0 saturated heterocycles. The first-order chi connectivity index (χ1) is 9.94. The van der Waals surface area contributed by atoms with Gasteiger partial charge in [0.05, 0.1) is 0 Å². The van der Waals surface area contributed by atoms with Crippen LogP contribution in [0.15, 0.2) is 36.4 Å². The Kier molecular flexibility index (Phi) is 5.60. The van der Waals surface area contributed by atoms with E-state index in [-0.39, 0.29) is 5.54 Å². The molecule has 2 nitrogen and oxygen atoms in total. The molecule has 0 spiro atoms. The molecule has 2 rings (SSSR count). The Morgan fingerprint density at radius 1 is 1.14 bits per heavy atom. The Balaban J connectivity index is 1.87. The second-order valence-electron chi connectivity index (χ2n) is 7.27. The van der Waals surface area contributed by atoms with Crippen LogP contribution in [0.1, 0.15) is 51.2 Å². The van der Waals surface area contributed by atoms with Crippen LogP contribution in [0.25, 0.3) is 0 Å². The van der Waals surface area contributed by atoms with E-state index in [0.717, 1.165) is 19.6 Å². The highest BCUT2D eigenvalue weighted by atomic mass is 15.1. The summed E-state index contributed by atoms with van der Waals surface area (Å²) in [6, 6.07) is 9.18. The lowest BCUT2D eigenvalue weighted by Crippen LogP contribution is -2.38. The van der Waals surface area contributed by atoms with Crippen LogP contribution in [0.3, 0.4) is 0 Å². The van der Waals surface area contributed by atoms with E-state index in [0.29, 0.717) is 5.92 Å². The predicted molar refractivity (Wildman–Crippen MR) is 91.6 cm³/mol. The van der Waals surface area contributed by atoms with Crippen LogP contribution in [0.4, 0.5) is 0 Å². The zero-order valence-corrected chi connectivity index (χ0v) is 14.0. The second kappa shape index (κ2) is 7.24. The van der Waals surface area contributed by atoms with Gasteiger partial charge in [-0.15, -0.1) is 0 Å². The van der Waals surface area contributed by atoms with Crippen LogP contribution in [-0.4, -0.2) is 30.1 Å². The molecular weight excluding hydrogens is 256 g/mol. The van der Waals surface area contributed by atoms with Gasteiger partial charge in [0.15, 0.2) is 0 Å². The molecule has 1 heterocycles. The number of nitrogens with one attached hydrogen (secondary N) is 1. The lowest BCUT2D eigenvalue weighted by atomic mass is 9.98. The summed E-state index contributed by atoms with van der Waals surface area (Å²) in [5.41, 5.74) is 3.04. The molecule has 1 aliphatic rings. The summed E-state index contributed by atoms with van der Waals surface area (Å²) in [6.07, 6.45) is 5.75. The standard InChI is InChI=1S/C19H30N2/c1-16(14-20-19(2,3)4)18-10-8-17(9-11-18)15-21-12-6-5-7-13-21/h5-6,8-11,16,20H,7,12-15H2,1-4H3. The molecule has 1 aromatic carbocycles. The van der Waals surface area contributed by atoms with Crippen molar-refractivity contribution >= 4 is 0 Å². The Morgan fingerprint density at radius 3 is 2.43 bits per heavy atom. The summed E-state index contributed by atoms with van der Waals surface area (Å²) in [5, 5.41) is 3.58. The molecule has 0 radical (unpaired) electrons. The fourth-order valence-electron chi connectivity index (χ4n) is 2.62. The van der Waals surface area contributed by atoms with Gasteiger partial charge in [-0.1, -0.05) is 43.3 Å². The third-order valence-corrected chi connectivity index (χ3v) is 4.04. The van der Waals surface area contributed by atoms with Crippen molar-refractivity contribution in [3.63, 3.8) is 0 Å². The Hall–Kier alpha value is -1.12. The van der Waals surface area contributed by atoms with E-state index in [2.05, 4.69) is 74.3 Å². The summed E-state index contributed by atoms with van der Waals surface area (Å²) in [7, 11) is 0.